The quantitative estimate of drug-likeness (QED) is 0.796. The first-order valence-electron chi connectivity index (χ1n) is 8.40. The van der Waals surface area contributed by atoms with Crippen LogP contribution in [0.25, 0.3) is 6.08 Å². The summed E-state index contributed by atoms with van der Waals surface area (Å²) < 4.78 is 6.07. The average Bonchev–Trinajstić information content (AvgIpc) is 3.20. The number of thiophene rings is 1. The maximum absolute atomic E-state index is 12.6. The zero-order chi connectivity index (χ0) is 16.4. The molecule has 24 heavy (non-hydrogen) atoms. The third-order valence-corrected chi connectivity index (χ3v) is 5.65. The first-order valence-corrected chi connectivity index (χ1v) is 9.28. The molecule has 0 saturated carbocycles. The number of aromatic nitrogens is 1. The molecule has 4 heterocycles. The molecule has 2 atom stereocenters. The molecule has 4 rings (SSSR count). The molecule has 4 nitrogen and oxygen atoms in total. The van der Waals surface area contributed by atoms with Gasteiger partial charge in [0, 0.05) is 42.1 Å². The fourth-order valence-corrected chi connectivity index (χ4v) is 4.44. The third kappa shape index (κ3) is 3.22. The summed E-state index contributed by atoms with van der Waals surface area (Å²) >= 11 is 1.65. The summed E-state index contributed by atoms with van der Waals surface area (Å²) in [7, 11) is 0. The predicted molar refractivity (Wildman–Crippen MR) is 94.9 cm³/mol. The van der Waals surface area contributed by atoms with Crippen LogP contribution >= 0.6 is 11.3 Å². The lowest BCUT2D eigenvalue weighted by molar-refractivity contribution is -0.131. The lowest BCUT2D eigenvalue weighted by atomic mass is 9.99. The van der Waals surface area contributed by atoms with Crippen LogP contribution in [-0.4, -0.2) is 34.0 Å². The van der Waals surface area contributed by atoms with E-state index in [9.17, 15) is 4.79 Å². The largest absolute Gasteiger partial charge is 0.489 e. The van der Waals surface area contributed by atoms with Gasteiger partial charge in [-0.2, -0.15) is 0 Å². The van der Waals surface area contributed by atoms with Crippen LogP contribution in [-0.2, 0) is 4.79 Å². The lowest BCUT2D eigenvalue weighted by Crippen LogP contribution is -2.48. The summed E-state index contributed by atoms with van der Waals surface area (Å²) in [6, 6.07) is 8.45. The molecule has 0 aromatic carbocycles. The van der Waals surface area contributed by atoms with Crippen molar-refractivity contribution in [3.63, 3.8) is 0 Å². The van der Waals surface area contributed by atoms with Crippen LogP contribution in [0.1, 0.15) is 30.6 Å². The second-order valence-electron chi connectivity index (χ2n) is 6.38. The number of piperidine rings is 1. The van der Waals surface area contributed by atoms with E-state index < -0.39 is 0 Å². The third-order valence-electron chi connectivity index (χ3n) is 4.81. The molecule has 0 radical (unpaired) electrons. The Kier molecular flexibility index (Phi) is 4.34. The van der Waals surface area contributed by atoms with Crippen molar-refractivity contribution in [1.29, 1.82) is 0 Å². The van der Waals surface area contributed by atoms with Gasteiger partial charge in [-0.3, -0.25) is 9.78 Å². The maximum Gasteiger partial charge on any atom is 0.247 e. The highest BCUT2D eigenvalue weighted by molar-refractivity contribution is 7.10. The van der Waals surface area contributed by atoms with E-state index in [1.807, 2.05) is 35.7 Å². The van der Waals surface area contributed by atoms with Gasteiger partial charge in [-0.05, 0) is 42.5 Å². The van der Waals surface area contributed by atoms with Crippen molar-refractivity contribution >= 4 is 23.3 Å². The molecule has 2 aromatic heterocycles. The van der Waals surface area contributed by atoms with Gasteiger partial charge in [-0.25, -0.2) is 0 Å². The number of ether oxygens (including phenoxy) is 1. The maximum atomic E-state index is 12.6. The van der Waals surface area contributed by atoms with Gasteiger partial charge in [0.25, 0.3) is 0 Å². The van der Waals surface area contributed by atoms with E-state index in [1.165, 1.54) is 0 Å². The van der Waals surface area contributed by atoms with Crippen molar-refractivity contribution in [2.24, 2.45) is 0 Å². The van der Waals surface area contributed by atoms with Crippen molar-refractivity contribution in [3.05, 3.63) is 53.0 Å². The molecule has 0 N–H and O–H groups in total. The average molecular weight is 340 g/mol. The number of carbonyl (C=O) groups excluding carboxylic acids is 1. The second-order valence-corrected chi connectivity index (χ2v) is 7.36. The molecule has 2 aliphatic heterocycles. The summed E-state index contributed by atoms with van der Waals surface area (Å²) in [5, 5.41) is 2.02. The Hall–Kier alpha value is -2.14. The van der Waals surface area contributed by atoms with Gasteiger partial charge in [-0.15, -0.1) is 11.3 Å². The Balaban J connectivity index is 1.40. The molecule has 2 bridgehead atoms. The van der Waals surface area contributed by atoms with E-state index in [-0.39, 0.29) is 12.0 Å². The van der Waals surface area contributed by atoms with Gasteiger partial charge in [0.05, 0.1) is 6.20 Å². The minimum Gasteiger partial charge on any atom is -0.489 e. The van der Waals surface area contributed by atoms with E-state index in [1.54, 1.807) is 29.8 Å². The highest BCUT2D eigenvalue weighted by Gasteiger charge is 2.43. The summed E-state index contributed by atoms with van der Waals surface area (Å²) in [6.07, 6.45) is 11.3. The van der Waals surface area contributed by atoms with E-state index in [0.29, 0.717) is 12.1 Å². The minimum absolute atomic E-state index is 0.135. The van der Waals surface area contributed by atoms with Gasteiger partial charge >= 0.3 is 0 Å². The predicted octanol–water partition coefficient (Wildman–Crippen LogP) is 3.76. The van der Waals surface area contributed by atoms with Gasteiger partial charge < -0.3 is 9.64 Å². The number of hydrogen-bond acceptors (Lipinski definition) is 4. The molecule has 2 aromatic rings. The fraction of sp³-hybridized carbons (Fsp3) is 0.368. The van der Waals surface area contributed by atoms with Crippen LogP contribution in [0.2, 0.25) is 0 Å². The Bertz CT molecular complexity index is 700. The van der Waals surface area contributed by atoms with Crippen LogP contribution in [0.4, 0.5) is 0 Å². The number of hydrogen-bond donors (Lipinski definition) is 0. The molecule has 124 valence electrons. The standard InChI is InChI=1S/C19H20N2O2S/c22-19(8-7-18-4-2-10-24-18)21-14-5-6-15(21)12-17(11-14)23-16-3-1-9-20-13-16/h1-4,7-10,13-15,17H,5-6,11-12H2/b8-7+/t14-,15-/m0/s1. The molecule has 1 amide bonds. The Morgan fingerprint density at radius 1 is 1.25 bits per heavy atom. The van der Waals surface area contributed by atoms with E-state index in [2.05, 4.69) is 9.88 Å². The van der Waals surface area contributed by atoms with Crippen molar-refractivity contribution in [1.82, 2.24) is 9.88 Å². The van der Waals surface area contributed by atoms with Gasteiger partial charge in [-0.1, -0.05) is 6.07 Å². The number of pyridine rings is 1. The first-order chi connectivity index (χ1) is 11.8. The van der Waals surface area contributed by atoms with Crippen molar-refractivity contribution in [2.75, 3.05) is 0 Å². The SMILES string of the molecule is O=C(/C=C/c1cccs1)N1[C@H]2CC[C@H]1CC(Oc1cccnc1)C2. The molecule has 0 aliphatic carbocycles. The van der Waals surface area contributed by atoms with Crippen LogP contribution in [0.5, 0.6) is 5.75 Å². The van der Waals surface area contributed by atoms with Crippen molar-refractivity contribution in [3.8, 4) is 5.75 Å². The molecule has 2 aliphatic rings. The molecule has 2 fully saturated rings. The highest BCUT2D eigenvalue weighted by atomic mass is 32.1. The van der Waals surface area contributed by atoms with Crippen LogP contribution < -0.4 is 4.74 Å². The second kappa shape index (κ2) is 6.77. The fourth-order valence-electron chi connectivity index (χ4n) is 3.82. The Morgan fingerprint density at radius 2 is 2.08 bits per heavy atom. The van der Waals surface area contributed by atoms with Crippen LogP contribution in [0, 0.1) is 0 Å². The number of nitrogens with zero attached hydrogens (tertiary/aromatic N) is 2. The number of carbonyl (C=O) groups is 1. The lowest BCUT2D eigenvalue weighted by Gasteiger charge is -2.38. The molecule has 0 unspecified atom stereocenters. The Labute approximate surface area is 145 Å². The number of fused-ring (bicyclic) bond motifs is 2. The summed E-state index contributed by atoms with van der Waals surface area (Å²) in [5.41, 5.74) is 0. The van der Waals surface area contributed by atoms with Gasteiger partial charge in [0.2, 0.25) is 5.91 Å². The van der Waals surface area contributed by atoms with Crippen molar-refractivity contribution in [2.45, 2.75) is 43.9 Å². The smallest absolute Gasteiger partial charge is 0.247 e. The molecular formula is C19H20N2O2S. The van der Waals surface area contributed by atoms with E-state index in [4.69, 9.17) is 4.74 Å². The number of amides is 1. The summed E-state index contributed by atoms with van der Waals surface area (Å²) in [6.45, 7) is 0. The highest BCUT2D eigenvalue weighted by Crippen LogP contribution is 2.37. The first kappa shape index (κ1) is 15.4. The molecule has 2 saturated heterocycles. The normalized spacial score (nSPS) is 26.0. The van der Waals surface area contributed by atoms with Gasteiger partial charge in [0.15, 0.2) is 0 Å². The topological polar surface area (TPSA) is 42.4 Å². The minimum atomic E-state index is 0.135. The monoisotopic (exact) mass is 340 g/mol. The van der Waals surface area contributed by atoms with E-state index >= 15 is 0 Å². The van der Waals surface area contributed by atoms with E-state index in [0.717, 1.165) is 36.3 Å². The zero-order valence-corrected chi connectivity index (χ0v) is 14.2. The van der Waals surface area contributed by atoms with Crippen LogP contribution in [0.3, 0.4) is 0 Å². The zero-order valence-electron chi connectivity index (χ0n) is 13.4. The molecular weight excluding hydrogens is 320 g/mol. The molecule has 5 heteroatoms. The Morgan fingerprint density at radius 3 is 2.75 bits per heavy atom. The summed E-state index contributed by atoms with van der Waals surface area (Å²) in [5.74, 6) is 0.954. The van der Waals surface area contributed by atoms with Gasteiger partial charge in [0.1, 0.15) is 11.9 Å². The van der Waals surface area contributed by atoms with Crippen molar-refractivity contribution < 1.29 is 9.53 Å². The summed E-state index contributed by atoms with van der Waals surface area (Å²) in [4.78, 5) is 19.9. The number of rotatable bonds is 4. The van der Waals surface area contributed by atoms with Crippen LogP contribution in [0.15, 0.2) is 48.1 Å². The molecule has 0 spiro atoms.